The SMILES string of the molecule is COc1ccc(-c2c(C=Cc3nc(C(Cl)(Cl)Cl)nc(C(Cl)(Cl)Cl)n3)c3ccccc3n2C)cc1.COc1ccc(C=Cc2nc(N)nc(C(Cl)(Cl)Cl)n2)cc1. The maximum atomic E-state index is 5.99. The van der Waals surface area contributed by atoms with Gasteiger partial charge in [-0.3, -0.25) is 0 Å². The van der Waals surface area contributed by atoms with E-state index in [9.17, 15) is 0 Å². The van der Waals surface area contributed by atoms with Gasteiger partial charge < -0.3 is 19.8 Å². The third-order valence-electron chi connectivity index (χ3n) is 7.53. The van der Waals surface area contributed by atoms with Crippen molar-refractivity contribution in [2.24, 2.45) is 7.05 Å². The van der Waals surface area contributed by atoms with Crippen LogP contribution in [0, 0.1) is 0 Å². The Labute approximate surface area is 361 Å². The second kappa shape index (κ2) is 17.9. The molecule has 6 rings (SSSR count). The first kappa shape index (κ1) is 42.8. The number of halogens is 9. The number of aryl methyl sites for hydroxylation is 1. The molecule has 3 aromatic heterocycles. The number of methoxy groups -OCH3 is 2. The molecule has 19 heteroatoms. The Kier molecular flexibility index (Phi) is 13.9. The summed E-state index contributed by atoms with van der Waals surface area (Å²) in [4.78, 5) is 24.3. The van der Waals surface area contributed by atoms with Gasteiger partial charge in [0.05, 0.1) is 19.9 Å². The Morgan fingerprint density at radius 2 is 1.04 bits per heavy atom. The lowest BCUT2D eigenvalue weighted by atomic mass is 10.0. The van der Waals surface area contributed by atoms with Gasteiger partial charge in [0.25, 0.3) is 0 Å². The summed E-state index contributed by atoms with van der Waals surface area (Å²) in [5.74, 6) is 1.68. The number of anilines is 1. The fourth-order valence-corrected chi connectivity index (χ4v) is 5.82. The molecular weight excluding hydrogens is 896 g/mol. The fourth-order valence-electron chi connectivity index (χ4n) is 5.06. The number of aromatic nitrogens is 7. The Bertz CT molecular complexity index is 2300. The van der Waals surface area contributed by atoms with E-state index in [1.165, 1.54) is 0 Å². The molecule has 3 heterocycles. The van der Waals surface area contributed by atoms with E-state index in [-0.39, 0.29) is 29.2 Å². The van der Waals surface area contributed by atoms with Crippen molar-refractivity contribution in [3.63, 3.8) is 0 Å². The number of rotatable bonds is 7. The van der Waals surface area contributed by atoms with Gasteiger partial charge in [-0.25, -0.2) is 19.9 Å². The first-order valence-electron chi connectivity index (χ1n) is 15.6. The van der Waals surface area contributed by atoms with Crippen molar-refractivity contribution in [2.75, 3.05) is 20.0 Å². The highest BCUT2D eigenvalue weighted by atomic mass is 35.6. The molecule has 2 N–H and O–H groups in total. The number of hydrogen-bond acceptors (Lipinski definition) is 9. The molecule has 0 atom stereocenters. The number of ether oxygens (including phenoxy) is 2. The number of fused-ring (bicyclic) bond motifs is 1. The molecular formula is C36H27Cl9N8O2. The van der Waals surface area contributed by atoms with Gasteiger partial charge in [0, 0.05) is 23.5 Å². The topological polar surface area (TPSA) is 127 Å². The molecule has 0 fully saturated rings. The zero-order valence-electron chi connectivity index (χ0n) is 28.7. The number of alkyl halides is 9. The van der Waals surface area contributed by atoms with Crippen molar-refractivity contribution in [3.05, 3.63) is 113 Å². The van der Waals surface area contributed by atoms with Gasteiger partial charge in [-0.2, -0.15) is 9.97 Å². The largest absolute Gasteiger partial charge is 0.497 e. The van der Waals surface area contributed by atoms with Crippen molar-refractivity contribution in [1.82, 2.24) is 34.5 Å². The van der Waals surface area contributed by atoms with Crippen molar-refractivity contribution >= 4 is 146 Å². The van der Waals surface area contributed by atoms with E-state index < -0.39 is 11.4 Å². The minimum atomic E-state index is -1.93. The third kappa shape index (κ3) is 11.2. The first-order valence-corrected chi connectivity index (χ1v) is 19.0. The van der Waals surface area contributed by atoms with E-state index in [0.717, 1.165) is 44.8 Å². The predicted octanol–water partition coefficient (Wildman–Crippen LogP) is 11.3. The highest BCUT2D eigenvalue weighted by Gasteiger charge is 2.33. The maximum Gasteiger partial charge on any atom is 0.250 e. The van der Waals surface area contributed by atoms with Crippen LogP contribution < -0.4 is 15.2 Å². The zero-order chi connectivity index (χ0) is 40.1. The molecule has 286 valence electrons. The van der Waals surface area contributed by atoms with Crippen LogP contribution in [-0.2, 0) is 18.4 Å². The molecule has 0 aliphatic rings. The number of para-hydroxylation sites is 1. The van der Waals surface area contributed by atoms with E-state index in [0.29, 0.717) is 5.82 Å². The number of nitrogens with zero attached hydrogens (tertiary/aromatic N) is 7. The minimum Gasteiger partial charge on any atom is -0.497 e. The number of hydrogen-bond donors (Lipinski definition) is 1. The van der Waals surface area contributed by atoms with Crippen LogP contribution in [0.1, 0.15) is 40.2 Å². The van der Waals surface area contributed by atoms with E-state index in [1.807, 2.05) is 85.9 Å². The van der Waals surface area contributed by atoms with Gasteiger partial charge in [-0.1, -0.05) is 141 Å². The van der Waals surface area contributed by atoms with Gasteiger partial charge in [-0.05, 0) is 71.8 Å². The third-order valence-corrected chi connectivity index (χ3v) is 9.05. The summed E-state index contributed by atoms with van der Waals surface area (Å²) in [6.07, 6.45) is 6.99. The van der Waals surface area contributed by atoms with Gasteiger partial charge in [0.2, 0.25) is 17.3 Å². The molecule has 0 saturated carbocycles. The normalized spacial score (nSPS) is 12.3. The summed E-state index contributed by atoms with van der Waals surface area (Å²) in [6, 6.07) is 23.3. The lowest BCUT2D eigenvalue weighted by Crippen LogP contribution is -2.16. The molecule has 10 nitrogen and oxygen atoms in total. The summed E-state index contributed by atoms with van der Waals surface area (Å²) in [5.41, 5.74) is 10.5. The molecule has 0 spiro atoms. The molecule has 0 aliphatic carbocycles. The van der Waals surface area contributed by atoms with Crippen LogP contribution in [0.15, 0.2) is 72.8 Å². The van der Waals surface area contributed by atoms with E-state index in [4.69, 9.17) is 120 Å². The summed E-state index contributed by atoms with van der Waals surface area (Å²) >= 11 is 53.2. The number of nitrogens with two attached hydrogens (primary N) is 1. The van der Waals surface area contributed by atoms with E-state index in [2.05, 4.69) is 34.5 Å². The Hall–Kier alpha value is -3.29. The minimum absolute atomic E-state index is 0.0132. The second-order valence-electron chi connectivity index (χ2n) is 11.2. The molecule has 3 aromatic carbocycles. The van der Waals surface area contributed by atoms with Crippen LogP contribution in [0.3, 0.4) is 0 Å². The average molecular weight is 923 g/mol. The summed E-state index contributed by atoms with van der Waals surface area (Å²) in [5, 5.41) is 1.03. The molecule has 0 unspecified atom stereocenters. The number of benzene rings is 3. The molecule has 55 heavy (non-hydrogen) atoms. The van der Waals surface area contributed by atoms with Crippen LogP contribution in [0.25, 0.3) is 46.5 Å². The molecule has 0 amide bonds. The van der Waals surface area contributed by atoms with Crippen molar-refractivity contribution in [1.29, 1.82) is 0 Å². The fraction of sp³-hybridized carbons (Fsp3) is 0.167. The summed E-state index contributed by atoms with van der Waals surface area (Å²) < 4.78 is 6.89. The molecule has 0 bridgehead atoms. The summed E-state index contributed by atoms with van der Waals surface area (Å²) in [6.45, 7) is 0. The van der Waals surface area contributed by atoms with Crippen LogP contribution in [0.4, 0.5) is 5.95 Å². The Morgan fingerprint density at radius 3 is 1.56 bits per heavy atom. The van der Waals surface area contributed by atoms with E-state index in [1.54, 1.807) is 32.4 Å². The van der Waals surface area contributed by atoms with Crippen molar-refractivity contribution in [2.45, 2.75) is 11.4 Å². The van der Waals surface area contributed by atoms with Crippen LogP contribution in [0.2, 0.25) is 0 Å². The zero-order valence-corrected chi connectivity index (χ0v) is 35.5. The monoisotopic (exact) mass is 918 g/mol. The van der Waals surface area contributed by atoms with Gasteiger partial charge in [0.1, 0.15) is 11.5 Å². The Morgan fingerprint density at radius 1 is 0.564 bits per heavy atom. The number of nitrogen functional groups attached to an aromatic ring is 1. The lowest BCUT2D eigenvalue weighted by molar-refractivity contribution is 0.414. The Balaban J connectivity index is 0.000000237. The summed E-state index contributed by atoms with van der Waals surface area (Å²) in [7, 11) is 5.24. The van der Waals surface area contributed by atoms with Crippen molar-refractivity contribution in [3.8, 4) is 22.8 Å². The smallest absolute Gasteiger partial charge is 0.250 e. The highest BCUT2D eigenvalue weighted by molar-refractivity contribution is 6.67. The van der Waals surface area contributed by atoms with Crippen LogP contribution in [-0.4, -0.2) is 48.7 Å². The molecule has 0 radical (unpaired) electrons. The molecule has 0 saturated heterocycles. The van der Waals surface area contributed by atoms with Gasteiger partial charge in [0.15, 0.2) is 29.1 Å². The average Bonchev–Trinajstić information content (AvgIpc) is 3.43. The standard InChI is InChI=1S/C23H16Cl6N4O.C13H11Cl3N4O/c1-33-17-6-4-3-5-15(17)16(19(33)13-7-9-14(34-2)10-8-13)11-12-18-30-20(22(24,25)26)32-21(31-18)23(27,28)29;1-21-9-5-2-8(3-6-9)4-7-10-18-11(13(14,15)16)20-12(17)19-10/h3-12H,1-2H3;2-7H,1H3,(H2,17,18,19,20). The van der Waals surface area contributed by atoms with Crippen molar-refractivity contribution < 1.29 is 9.47 Å². The lowest BCUT2D eigenvalue weighted by Gasteiger charge is -2.14. The molecule has 0 aliphatic heterocycles. The first-order chi connectivity index (χ1) is 25.9. The second-order valence-corrected chi connectivity index (χ2v) is 18.1. The van der Waals surface area contributed by atoms with Gasteiger partial charge >= 0.3 is 0 Å². The highest BCUT2D eigenvalue weighted by Crippen LogP contribution is 2.41. The van der Waals surface area contributed by atoms with E-state index >= 15 is 0 Å². The maximum absolute atomic E-state index is 5.99. The van der Waals surface area contributed by atoms with Crippen LogP contribution >= 0.6 is 104 Å². The predicted molar refractivity (Wildman–Crippen MR) is 228 cm³/mol. The quantitative estimate of drug-likeness (QED) is 0.156. The van der Waals surface area contributed by atoms with Crippen LogP contribution in [0.5, 0.6) is 11.5 Å². The molecule has 6 aromatic rings. The van der Waals surface area contributed by atoms with Gasteiger partial charge in [-0.15, -0.1) is 0 Å².